The van der Waals surface area contributed by atoms with E-state index in [0.717, 1.165) is 5.56 Å². The molecule has 0 aliphatic rings. The van der Waals surface area contributed by atoms with Crippen LogP contribution in [0.4, 0.5) is 4.39 Å². The van der Waals surface area contributed by atoms with E-state index in [-0.39, 0.29) is 5.82 Å². The van der Waals surface area contributed by atoms with Gasteiger partial charge >= 0.3 is 0 Å². The summed E-state index contributed by atoms with van der Waals surface area (Å²) >= 11 is 0. The molecule has 0 aliphatic carbocycles. The third-order valence-electron chi connectivity index (χ3n) is 3.54. The van der Waals surface area contributed by atoms with E-state index >= 15 is 0 Å². The third kappa shape index (κ3) is 3.34. The number of rotatable bonds is 5. The van der Waals surface area contributed by atoms with Crippen molar-refractivity contribution in [1.29, 1.82) is 0 Å². The lowest BCUT2D eigenvalue weighted by molar-refractivity contribution is 0.376. The fourth-order valence-electron chi connectivity index (χ4n) is 2.39. The minimum absolute atomic E-state index is 0.254. The van der Waals surface area contributed by atoms with Crippen molar-refractivity contribution in [3.8, 4) is 11.5 Å². The molecule has 112 valence electrons. The molecule has 2 rings (SSSR count). The van der Waals surface area contributed by atoms with Crippen molar-refractivity contribution in [2.24, 2.45) is 5.73 Å². The molecule has 0 fully saturated rings. The summed E-state index contributed by atoms with van der Waals surface area (Å²) in [6.45, 7) is 1.86. The first-order chi connectivity index (χ1) is 9.97. The number of hydrogen-bond acceptors (Lipinski definition) is 3. The van der Waals surface area contributed by atoms with Crippen molar-refractivity contribution in [3.05, 3.63) is 59.4 Å². The van der Waals surface area contributed by atoms with Crippen molar-refractivity contribution >= 4 is 0 Å². The molecule has 0 aliphatic heterocycles. The van der Waals surface area contributed by atoms with Crippen LogP contribution in [0.3, 0.4) is 0 Å². The van der Waals surface area contributed by atoms with Crippen LogP contribution in [0, 0.1) is 5.82 Å². The molecule has 3 nitrogen and oxygen atoms in total. The normalized spacial score (nSPS) is 13.6. The van der Waals surface area contributed by atoms with Crippen LogP contribution in [0.1, 0.15) is 18.1 Å². The lowest BCUT2D eigenvalue weighted by Gasteiger charge is -2.28. The Kier molecular flexibility index (Phi) is 4.48. The number of halogens is 1. The van der Waals surface area contributed by atoms with Gasteiger partial charge in [0.1, 0.15) is 17.3 Å². The van der Waals surface area contributed by atoms with Gasteiger partial charge in [0.25, 0.3) is 0 Å². The zero-order valence-electron chi connectivity index (χ0n) is 12.5. The molecule has 4 heteroatoms. The molecule has 0 saturated heterocycles. The summed E-state index contributed by atoms with van der Waals surface area (Å²) < 4.78 is 24.5. The van der Waals surface area contributed by atoms with E-state index < -0.39 is 5.54 Å². The Labute approximate surface area is 124 Å². The summed E-state index contributed by atoms with van der Waals surface area (Å²) in [6.07, 6.45) is 0.364. The summed E-state index contributed by atoms with van der Waals surface area (Å²) in [4.78, 5) is 0. The van der Waals surface area contributed by atoms with Crippen molar-refractivity contribution < 1.29 is 13.9 Å². The van der Waals surface area contributed by atoms with Crippen LogP contribution >= 0.6 is 0 Å². The van der Waals surface area contributed by atoms with E-state index in [1.165, 1.54) is 6.07 Å². The molecule has 1 unspecified atom stereocenters. The van der Waals surface area contributed by atoms with E-state index in [0.29, 0.717) is 23.5 Å². The number of nitrogens with two attached hydrogens (primary N) is 1. The van der Waals surface area contributed by atoms with E-state index in [9.17, 15) is 4.39 Å². The molecule has 0 bridgehead atoms. The van der Waals surface area contributed by atoms with Gasteiger partial charge in [-0.15, -0.1) is 0 Å². The Morgan fingerprint density at radius 3 is 2.43 bits per heavy atom. The maximum Gasteiger partial charge on any atom is 0.126 e. The lowest BCUT2D eigenvalue weighted by Crippen LogP contribution is -2.36. The highest BCUT2D eigenvalue weighted by Crippen LogP contribution is 2.34. The Bertz CT molecular complexity index is 626. The second-order valence-corrected chi connectivity index (χ2v) is 5.25. The Hall–Kier alpha value is -2.07. The second kappa shape index (κ2) is 6.14. The van der Waals surface area contributed by atoms with Gasteiger partial charge in [-0.1, -0.05) is 18.2 Å². The SMILES string of the molecule is COc1ccc(OC)c(C(C)(N)Cc2ccccc2F)c1. The van der Waals surface area contributed by atoms with Crippen LogP contribution in [0.25, 0.3) is 0 Å². The number of hydrogen-bond donors (Lipinski definition) is 1. The molecular formula is C17H20FNO2. The van der Waals surface area contributed by atoms with Crippen molar-refractivity contribution in [1.82, 2.24) is 0 Å². The average molecular weight is 289 g/mol. The van der Waals surface area contributed by atoms with Crippen LogP contribution in [0.2, 0.25) is 0 Å². The molecule has 0 amide bonds. The molecule has 0 radical (unpaired) electrons. The van der Waals surface area contributed by atoms with Gasteiger partial charge in [0.2, 0.25) is 0 Å². The number of benzene rings is 2. The van der Waals surface area contributed by atoms with Gasteiger partial charge in [-0.2, -0.15) is 0 Å². The Morgan fingerprint density at radius 1 is 1.10 bits per heavy atom. The first kappa shape index (κ1) is 15.3. The van der Waals surface area contributed by atoms with Gasteiger partial charge in [-0.25, -0.2) is 4.39 Å². The first-order valence-electron chi connectivity index (χ1n) is 6.72. The topological polar surface area (TPSA) is 44.5 Å². The molecule has 2 aromatic carbocycles. The lowest BCUT2D eigenvalue weighted by atomic mass is 9.85. The monoisotopic (exact) mass is 289 g/mol. The number of methoxy groups -OCH3 is 2. The standard InChI is InChI=1S/C17H20FNO2/c1-17(19,11-12-6-4-5-7-15(12)18)14-10-13(20-2)8-9-16(14)21-3/h4-10H,11,19H2,1-3H3. The molecule has 0 saturated carbocycles. The minimum Gasteiger partial charge on any atom is -0.497 e. The van der Waals surface area contributed by atoms with Crippen LogP contribution in [0.15, 0.2) is 42.5 Å². The molecule has 2 aromatic rings. The smallest absolute Gasteiger partial charge is 0.126 e. The Balaban J connectivity index is 2.41. The van der Waals surface area contributed by atoms with E-state index in [2.05, 4.69) is 0 Å². The zero-order chi connectivity index (χ0) is 15.5. The van der Waals surface area contributed by atoms with Crippen molar-refractivity contribution in [2.45, 2.75) is 18.9 Å². The van der Waals surface area contributed by atoms with Gasteiger partial charge in [0.05, 0.1) is 14.2 Å². The molecular weight excluding hydrogens is 269 g/mol. The highest BCUT2D eigenvalue weighted by molar-refractivity contribution is 5.45. The largest absolute Gasteiger partial charge is 0.497 e. The summed E-state index contributed by atoms with van der Waals surface area (Å²) in [7, 11) is 3.18. The summed E-state index contributed by atoms with van der Waals surface area (Å²) in [5, 5.41) is 0. The molecule has 0 spiro atoms. The van der Waals surface area contributed by atoms with E-state index in [1.54, 1.807) is 38.5 Å². The van der Waals surface area contributed by atoms with Crippen LogP contribution in [0.5, 0.6) is 11.5 Å². The first-order valence-corrected chi connectivity index (χ1v) is 6.72. The third-order valence-corrected chi connectivity index (χ3v) is 3.54. The number of ether oxygens (including phenoxy) is 2. The molecule has 2 N–H and O–H groups in total. The van der Waals surface area contributed by atoms with Crippen LogP contribution in [-0.4, -0.2) is 14.2 Å². The van der Waals surface area contributed by atoms with Gasteiger partial charge < -0.3 is 15.2 Å². The minimum atomic E-state index is -0.776. The van der Waals surface area contributed by atoms with Gasteiger partial charge in [0, 0.05) is 11.1 Å². The zero-order valence-corrected chi connectivity index (χ0v) is 12.5. The summed E-state index contributed by atoms with van der Waals surface area (Å²) in [5.74, 6) is 1.10. The van der Waals surface area contributed by atoms with Gasteiger partial charge in [0.15, 0.2) is 0 Å². The quantitative estimate of drug-likeness (QED) is 0.919. The van der Waals surface area contributed by atoms with Gasteiger partial charge in [-0.3, -0.25) is 0 Å². The van der Waals surface area contributed by atoms with Crippen molar-refractivity contribution in [2.75, 3.05) is 14.2 Å². The second-order valence-electron chi connectivity index (χ2n) is 5.25. The Morgan fingerprint density at radius 2 is 1.81 bits per heavy atom. The maximum atomic E-state index is 13.9. The molecule has 0 aromatic heterocycles. The predicted octanol–water partition coefficient (Wildman–Crippen LogP) is 3.26. The molecule has 1 atom stereocenters. The summed E-state index contributed by atoms with van der Waals surface area (Å²) in [6, 6.07) is 12.1. The molecule has 0 heterocycles. The van der Waals surface area contributed by atoms with Crippen LogP contribution in [-0.2, 0) is 12.0 Å². The summed E-state index contributed by atoms with van der Waals surface area (Å²) in [5.41, 5.74) is 7.02. The fourth-order valence-corrected chi connectivity index (χ4v) is 2.39. The maximum absolute atomic E-state index is 13.9. The highest BCUT2D eigenvalue weighted by atomic mass is 19.1. The van der Waals surface area contributed by atoms with Crippen molar-refractivity contribution in [3.63, 3.8) is 0 Å². The van der Waals surface area contributed by atoms with Crippen LogP contribution < -0.4 is 15.2 Å². The molecule has 21 heavy (non-hydrogen) atoms. The van der Waals surface area contributed by atoms with Gasteiger partial charge in [-0.05, 0) is 43.2 Å². The highest BCUT2D eigenvalue weighted by Gasteiger charge is 2.27. The predicted molar refractivity (Wildman–Crippen MR) is 81.2 cm³/mol. The fraction of sp³-hybridized carbons (Fsp3) is 0.294. The van der Waals surface area contributed by atoms with E-state index in [1.807, 2.05) is 19.1 Å². The van der Waals surface area contributed by atoms with E-state index in [4.69, 9.17) is 15.2 Å². The average Bonchev–Trinajstić information content (AvgIpc) is 2.48.